The van der Waals surface area contributed by atoms with Gasteiger partial charge in [0.05, 0.1) is 0 Å². The van der Waals surface area contributed by atoms with Crippen LogP contribution in [0.2, 0.25) is 0 Å². The predicted octanol–water partition coefficient (Wildman–Crippen LogP) is 13.1. The van der Waals surface area contributed by atoms with Gasteiger partial charge < -0.3 is 4.74 Å². The van der Waals surface area contributed by atoms with Crippen molar-refractivity contribution < 1.29 is 4.74 Å². The van der Waals surface area contributed by atoms with Gasteiger partial charge in [-0.15, -0.1) is 0 Å². The Morgan fingerprint density at radius 1 is 0.386 bits per heavy atom. The molecule has 266 valence electrons. The van der Waals surface area contributed by atoms with Crippen LogP contribution < -0.4 is 4.74 Å². The van der Waals surface area contributed by atoms with Crippen LogP contribution in [0.5, 0.6) is 5.75 Å². The van der Waals surface area contributed by atoms with E-state index in [4.69, 9.17) is 19.7 Å². The number of nitrogens with zero attached hydrogens (tertiary/aromatic N) is 3. The third-order valence-electron chi connectivity index (χ3n) is 11.8. The van der Waals surface area contributed by atoms with Crippen molar-refractivity contribution in [3.05, 3.63) is 194 Å². The van der Waals surface area contributed by atoms with E-state index in [1.54, 1.807) is 0 Å². The monoisotopic (exact) mass is 727 g/mol. The number of fused-ring (bicyclic) bond motifs is 7. The summed E-state index contributed by atoms with van der Waals surface area (Å²) in [5, 5.41) is 4.79. The molecule has 0 N–H and O–H groups in total. The molecule has 2 unspecified atom stereocenters. The van der Waals surface area contributed by atoms with E-state index < -0.39 is 0 Å². The molecule has 0 fully saturated rings. The number of hydrogen-bond acceptors (Lipinski definition) is 4. The summed E-state index contributed by atoms with van der Waals surface area (Å²) in [4.78, 5) is 15.6. The molecule has 4 heteroatoms. The summed E-state index contributed by atoms with van der Waals surface area (Å²) in [5.74, 6) is 3.03. The number of rotatable bonds is 5. The highest BCUT2D eigenvalue weighted by molar-refractivity contribution is 6.16. The van der Waals surface area contributed by atoms with Gasteiger partial charge in [0, 0.05) is 28.2 Å². The second-order valence-corrected chi connectivity index (χ2v) is 15.0. The molecule has 2 atom stereocenters. The predicted molar refractivity (Wildman–Crippen MR) is 232 cm³/mol. The molecular formula is C53H33N3O. The number of hydrogen-bond donors (Lipinski definition) is 0. The largest absolute Gasteiger partial charge is 0.485 e. The maximum atomic E-state index is 6.41. The van der Waals surface area contributed by atoms with Crippen LogP contribution in [0, 0.1) is 0 Å². The van der Waals surface area contributed by atoms with Crippen LogP contribution in [0.3, 0.4) is 0 Å². The van der Waals surface area contributed by atoms with Crippen molar-refractivity contribution in [1.82, 2.24) is 15.0 Å². The first kappa shape index (κ1) is 31.9. The Morgan fingerprint density at radius 3 is 1.88 bits per heavy atom. The van der Waals surface area contributed by atoms with Gasteiger partial charge in [-0.05, 0) is 96.4 Å². The summed E-state index contributed by atoms with van der Waals surface area (Å²) in [6.45, 7) is 0. The van der Waals surface area contributed by atoms with Gasteiger partial charge in [-0.1, -0.05) is 158 Å². The minimum Gasteiger partial charge on any atom is -0.485 e. The van der Waals surface area contributed by atoms with Crippen LogP contribution in [0.4, 0.5) is 0 Å². The zero-order valence-corrected chi connectivity index (χ0v) is 30.8. The molecule has 12 rings (SSSR count). The van der Waals surface area contributed by atoms with E-state index >= 15 is 0 Å². The van der Waals surface area contributed by atoms with Crippen molar-refractivity contribution in [2.75, 3.05) is 0 Å². The topological polar surface area (TPSA) is 47.9 Å². The first-order valence-corrected chi connectivity index (χ1v) is 19.5. The van der Waals surface area contributed by atoms with Crippen molar-refractivity contribution in [1.29, 1.82) is 0 Å². The first-order valence-electron chi connectivity index (χ1n) is 19.5. The van der Waals surface area contributed by atoms with Gasteiger partial charge in [-0.3, -0.25) is 0 Å². The SMILES string of the molecule is C1=CC2Oc3cccc(-c4cccc5c(-c6nc(-c7ccccc7)nc(-c7cccc(-c8cc9c%10c(cccc%10c8)-c8ccccc8-9)c7)n6)cccc45)c3C2C=C1. The van der Waals surface area contributed by atoms with Crippen LogP contribution in [-0.2, 0) is 0 Å². The lowest BCUT2D eigenvalue weighted by Crippen LogP contribution is -2.15. The summed E-state index contributed by atoms with van der Waals surface area (Å²) in [7, 11) is 0. The summed E-state index contributed by atoms with van der Waals surface area (Å²) < 4.78 is 6.41. The number of ether oxygens (including phenoxy) is 1. The van der Waals surface area contributed by atoms with E-state index in [1.807, 2.05) is 18.2 Å². The second-order valence-electron chi connectivity index (χ2n) is 15.0. The molecule has 1 aromatic heterocycles. The Balaban J connectivity index is 1.01. The van der Waals surface area contributed by atoms with E-state index in [-0.39, 0.29) is 12.0 Å². The van der Waals surface area contributed by atoms with Crippen molar-refractivity contribution in [3.63, 3.8) is 0 Å². The quantitative estimate of drug-likeness (QED) is 0.177. The van der Waals surface area contributed by atoms with Crippen molar-refractivity contribution in [2.24, 2.45) is 0 Å². The van der Waals surface area contributed by atoms with Crippen molar-refractivity contribution in [3.8, 4) is 84.4 Å². The lowest BCUT2D eigenvalue weighted by Gasteiger charge is -2.17. The highest BCUT2D eigenvalue weighted by atomic mass is 16.5. The molecule has 9 aromatic rings. The van der Waals surface area contributed by atoms with Gasteiger partial charge in [-0.2, -0.15) is 0 Å². The summed E-state index contributed by atoms with van der Waals surface area (Å²) >= 11 is 0. The molecule has 0 saturated carbocycles. The number of benzene rings is 8. The summed E-state index contributed by atoms with van der Waals surface area (Å²) in [6.07, 6.45) is 8.63. The highest BCUT2D eigenvalue weighted by Gasteiger charge is 2.34. The fraction of sp³-hybridized carbons (Fsp3) is 0.0377. The Bertz CT molecular complexity index is 3180. The summed E-state index contributed by atoms with van der Waals surface area (Å²) in [6, 6.07) is 58.2. The van der Waals surface area contributed by atoms with Crippen LogP contribution in [-0.4, -0.2) is 21.1 Å². The van der Waals surface area contributed by atoms with Crippen molar-refractivity contribution >= 4 is 21.5 Å². The average Bonchev–Trinajstić information content (AvgIpc) is 3.83. The maximum Gasteiger partial charge on any atom is 0.164 e. The van der Waals surface area contributed by atoms with Gasteiger partial charge in [0.1, 0.15) is 11.9 Å². The highest BCUT2D eigenvalue weighted by Crippen LogP contribution is 2.50. The molecule has 57 heavy (non-hydrogen) atoms. The molecule has 4 nitrogen and oxygen atoms in total. The lowest BCUT2D eigenvalue weighted by atomic mass is 9.85. The number of aromatic nitrogens is 3. The fourth-order valence-electron chi connectivity index (χ4n) is 9.24. The molecule has 0 spiro atoms. The minimum absolute atomic E-state index is 0.0179. The molecule has 1 aliphatic heterocycles. The van der Waals surface area contributed by atoms with Gasteiger partial charge in [-0.25, -0.2) is 15.0 Å². The van der Waals surface area contributed by atoms with E-state index in [9.17, 15) is 0 Å². The third-order valence-corrected chi connectivity index (χ3v) is 11.8. The molecule has 2 heterocycles. The Morgan fingerprint density at radius 2 is 1.00 bits per heavy atom. The molecule has 0 saturated heterocycles. The van der Waals surface area contributed by atoms with E-state index in [0.29, 0.717) is 17.5 Å². The molecule has 0 radical (unpaired) electrons. The molecule has 8 aromatic carbocycles. The molecule has 2 aliphatic carbocycles. The zero-order chi connectivity index (χ0) is 37.5. The molecule has 3 aliphatic rings. The standard InChI is InChI=1S/C53H33N3O/c1-2-13-32(14-3-1)51-54-52(35-17-8-15-33(29-35)36-30-34-16-9-24-42-38-18-4-5-19-41(38)46(31-36)49(34)42)56-53(55-51)44-26-11-21-37-39(22-10-23-40(37)44)43-25-12-28-48-50(43)45-20-6-7-27-47(45)57-48/h1-31,45,47H. The van der Waals surface area contributed by atoms with E-state index in [1.165, 1.54) is 44.2 Å². The maximum absolute atomic E-state index is 6.41. The first-order chi connectivity index (χ1) is 28.2. The lowest BCUT2D eigenvalue weighted by molar-refractivity contribution is 0.269. The van der Waals surface area contributed by atoms with Gasteiger partial charge >= 0.3 is 0 Å². The Labute approximate surface area is 330 Å². The minimum atomic E-state index is 0.0179. The van der Waals surface area contributed by atoms with Crippen LogP contribution >= 0.6 is 0 Å². The van der Waals surface area contributed by atoms with Gasteiger partial charge in [0.2, 0.25) is 0 Å². The van der Waals surface area contributed by atoms with Crippen molar-refractivity contribution in [2.45, 2.75) is 12.0 Å². The van der Waals surface area contributed by atoms with Crippen LogP contribution in [0.15, 0.2) is 188 Å². The van der Waals surface area contributed by atoms with E-state index in [2.05, 4.69) is 170 Å². The molecule has 0 bridgehead atoms. The second kappa shape index (κ2) is 12.6. The Kier molecular flexibility index (Phi) is 7.02. The van der Waals surface area contributed by atoms with Crippen LogP contribution in [0.25, 0.3) is 100 Å². The number of allylic oxidation sites excluding steroid dienone is 2. The zero-order valence-electron chi connectivity index (χ0n) is 30.8. The molecular weight excluding hydrogens is 695 g/mol. The fourth-order valence-corrected chi connectivity index (χ4v) is 9.24. The summed E-state index contributed by atoms with van der Waals surface area (Å²) in [5.41, 5.74) is 13.9. The molecule has 0 amide bonds. The van der Waals surface area contributed by atoms with E-state index in [0.717, 1.165) is 49.9 Å². The smallest absolute Gasteiger partial charge is 0.164 e. The van der Waals surface area contributed by atoms with Crippen LogP contribution in [0.1, 0.15) is 11.5 Å². The third kappa shape index (κ3) is 5.04. The normalized spacial score (nSPS) is 15.7. The van der Waals surface area contributed by atoms with Gasteiger partial charge in [0.25, 0.3) is 0 Å². The average molecular weight is 728 g/mol. The van der Waals surface area contributed by atoms with Gasteiger partial charge in [0.15, 0.2) is 17.5 Å². The Hall–Kier alpha value is -7.43.